The van der Waals surface area contributed by atoms with E-state index in [9.17, 15) is 19.8 Å². The first-order valence-corrected chi connectivity index (χ1v) is 11.4. The third-order valence-corrected chi connectivity index (χ3v) is 6.49. The molecule has 4 aromatic rings. The van der Waals surface area contributed by atoms with Gasteiger partial charge in [-0.2, -0.15) is 0 Å². The minimum atomic E-state index is -0.970. The molecule has 8 nitrogen and oxygen atoms in total. The highest BCUT2D eigenvalue weighted by Gasteiger charge is 2.45. The van der Waals surface area contributed by atoms with Gasteiger partial charge < -0.3 is 24.3 Å². The van der Waals surface area contributed by atoms with Crippen molar-refractivity contribution in [2.24, 2.45) is 0 Å². The quantitative estimate of drug-likeness (QED) is 0.331. The van der Waals surface area contributed by atoms with Gasteiger partial charge in [-0.25, -0.2) is 0 Å². The SMILES string of the molecule is COc1cc(C2C(C(=O)c3cc4ccccc4o3)=C(O)C(=O)N2Cc2ccncc2)cc(Br)c1O. The monoisotopic (exact) mass is 534 g/mol. The maximum Gasteiger partial charge on any atom is 0.290 e. The lowest BCUT2D eigenvalue weighted by atomic mass is 9.94. The van der Waals surface area contributed by atoms with Crippen molar-refractivity contribution in [3.8, 4) is 11.5 Å². The third kappa shape index (κ3) is 3.93. The lowest BCUT2D eigenvalue weighted by Crippen LogP contribution is -2.30. The van der Waals surface area contributed by atoms with Crippen LogP contribution in [0.2, 0.25) is 0 Å². The number of phenolic OH excluding ortho intramolecular Hbond substituents is 1. The minimum Gasteiger partial charge on any atom is -0.503 e. The van der Waals surface area contributed by atoms with E-state index in [1.807, 2.05) is 6.07 Å². The Bertz CT molecular complexity index is 1460. The Morgan fingerprint density at radius 3 is 2.60 bits per heavy atom. The van der Waals surface area contributed by atoms with E-state index in [4.69, 9.17) is 9.15 Å². The average Bonchev–Trinajstić information content (AvgIpc) is 3.41. The fourth-order valence-corrected chi connectivity index (χ4v) is 4.67. The number of amides is 1. The highest BCUT2D eigenvalue weighted by molar-refractivity contribution is 9.10. The first kappa shape index (κ1) is 22.7. The van der Waals surface area contributed by atoms with E-state index in [1.54, 1.807) is 54.9 Å². The average molecular weight is 535 g/mol. The van der Waals surface area contributed by atoms with Gasteiger partial charge in [-0.05, 0) is 63.5 Å². The lowest BCUT2D eigenvalue weighted by Gasteiger charge is -2.27. The molecule has 1 aliphatic heterocycles. The number of aromatic nitrogens is 1. The Kier molecular flexibility index (Phi) is 5.78. The molecular weight excluding hydrogens is 516 g/mol. The molecule has 1 aliphatic rings. The standard InChI is InChI=1S/C26H19BrN2O6/c1-34-19-12-16(10-17(27)23(19)30)22-21(24(31)20-11-15-4-2-3-5-18(15)35-20)25(32)26(33)29(22)13-14-6-8-28-9-7-14/h2-12,22,30,32H,13H2,1H3. The second-order valence-corrected chi connectivity index (χ2v) is 8.84. The first-order valence-electron chi connectivity index (χ1n) is 10.6. The molecular formula is C26H19BrN2O6. The summed E-state index contributed by atoms with van der Waals surface area (Å²) in [7, 11) is 1.40. The Morgan fingerprint density at radius 2 is 1.89 bits per heavy atom. The number of Topliss-reactive ketones (excluding diaryl/α,β-unsaturated/α-hetero) is 1. The first-order chi connectivity index (χ1) is 16.9. The molecule has 0 saturated heterocycles. The Hall–Kier alpha value is -4.11. The summed E-state index contributed by atoms with van der Waals surface area (Å²) in [6.45, 7) is 0.105. The zero-order valence-corrected chi connectivity index (χ0v) is 20.0. The molecule has 5 rings (SSSR count). The highest BCUT2D eigenvalue weighted by Crippen LogP contribution is 2.45. The van der Waals surface area contributed by atoms with E-state index in [2.05, 4.69) is 20.9 Å². The number of pyridine rings is 1. The number of halogens is 1. The van der Waals surface area contributed by atoms with E-state index in [1.165, 1.54) is 18.1 Å². The van der Waals surface area contributed by atoms with E-state index in [0.29, 0.717) is 15.6 Å². The number of carbonyl (C=O) groups is 2. The molecule has 9 heteroatoms. The van der Waals surface area contributed by atoms with E-state index in [0.717, 1.165) is 10.9 Å². The van der Waals surface area contributed by atoms with Crippen LogP contribution < -0.4 is 4.74 Å². The Labute approximate surface area is 208 Å². The van der Waals surface area contributed by atoms with Crippen molar-refractivity contribution in [3.63, 3.8) is 0 Å². The number of ether oxygens (including phenoxy) is 1. The molecule has 0 radical (unpaired) electrons. The molecule has 0 fully saturated rings. The minimum absolute atomic E-state index is 0.00104. The van der Waals surface area contributed by atoms with Gasteiger partial charge in [0.1, 0.15) is 5.58 Å². The number of methoxy groups -OCH3 is 1. The summed E-state index contributed by atoms with van der Waals surface area (Å²) in [6.07, 6.45) is 3.19. The molecule has 0 saturated carbocycles. The molecule has 176 valence electrons. The predicted molar refractivity (Wildman–Crippen MR) is 130 cm³/mol. The number of carbonyl (C=O) groups excluding carboxylic acids is 2. The number of para-hydroxylation sites is 1. The molecule has 2 N–H and O–H groups in total. The number of aromatic hydroxyl groups is 1. The number of furan rings is 1. The van der Waals surface area contributed by atoms with Gasteiger partial charge in [-0.1, -0.05) is 18.2 Å². The molecule has 1 amide bonds. The number of aliphatic hydroxyl groups excluding tert-OH is 1. The molecule has 2 aromatic heterocycles. The number of rotatable bonds is 6. The van der Waals surface area contributed by atoms with Crippen molar-refractivity contribution >= 4 is 38.6 Å². The van der Waals surface area contributed by atoms with Gasteiger partial charge in [0.15, 0.2) is 23.0 Å². The summed E-state index contributed by atoms with van der Waals surface area (Å²) in [5.74, 6) is -1.95. The zero-order valence-electron chi connectivity index (χ0n) is 18.4. The molecule has 2 aromatic carbocycles. The number of hydrogen-bond acceptors (Lipinski definition) is 7. The van der Waals surface area contributed by atoms with Gasteiger partial charge in [0.25, 0.3) is 5.91 Å². The van der Waals surface area contributed by atoms with Crippen molar-refractivity contribution in [3.05, 3.63) is 99.7 Å². The number of phenols is 1. The number of fused-ring (bicyclic) bond motifs is 1. The maximum atomic E-state index is 13.7. The van der Waals surface area contributed by atoms with Gasteiger partial charge in [0.05, 0.1) is 23.2 Å². The van der Waals surface area contributed by atoms with Crippen LogP contribution in [0.3, 0.4) is 0 Å². The van der Waals surface area contributed by atoms with Crippen LogP contribution in [-0.4, -0.2) is 38.9 Å². The number of benzene rings is 2. The molecule has 0 bridgehead atoms. The molecule has 3 heterocycles. The Morgan fingerprint density at radius 1 is 1.14 bits per heavy atom. The van der Waals surface area contributed by atoms with Crippen LogP contribution >= 0.6 is 15.9 Å². The highest BCUT2D eigenvalue weighted by atomic mass is 79.9. The summed E-state index contributed by atoms with van der Waals surface area (Å²) in [4.78, 5) is 32.3. The van der Waals surface area contributed by atoms with Crippen LogP contribution in [0, 0.1) is 0 Å². The third-order valence-electron chi connectivity index (χ3n) is 5.89. The number of nitrogens with zero attached hydrogens (tertiary/aromatic N) is 2. The second-order valence-electron chi connectivity index (χ2n) is 7.98. The zero-order chi connectivity index (χ0) is 24.7. The molecule has 35 heavy (non-hydrogen) atoms. The summed E-state index contributed by atoms with van der Waals surface area (Å²) >= 11 is 3.30. The number of ketones is 1. The van der Waals surface area contributed by atoms with Crippen molar-refractivity contribution in [1.29, 1.82) is 0 Å². The van der Waals surface area contributed by atoms with Gasteiger partial charge >= 0.3 is 0 Å². The summed E-state index contributed by atoms with van der Waals surface area (Å²) < 4.78 is 11.3. The van der Waals surface area contributed by atoms with E-state index >= 15 is 0 Å². The van der Waals surface area contributed by atoms with Gasteiger partial charge in [0, 0.05) is 24.3 Å². The van der Waals surface area contributed by atoms with Crippen LogP contribution in [-0.2, 0) is 11.3 Å². The summed E-state index contributed by atoms with van der Waals surface area (Å²) in [5, 5.41) is 21.9. The molecule has 1 unspecified atom stereocenters. The van der Waals surface area contributed by atoms with Crippen LogP contribution in [0.1, 0.15) is 27.7 Å². The van der Waals surface area contributed by atoms with Gasteiger partial charge in [-0.3, -0.25) is 14.6 Å². The van der Waals surface area contributed by atoms with Crippen LogP contribution in [0.15, 0.2) is 87.2 Å². The summed E-state index contributed by atoms with van der Waals surface area (Å²) in [5.41, 5.74) is 1.60. The van der Waals surface area contributed by atoms with E-state index in [-0.39, 0.29) is 29.4 Å². The molecule has 0 spiro atoms. The van der Waals surface area contributed by atoms with Crippen molar-refractivity contribution in [2.45, 2.75) is 12.6 Å². The smallest absolute Gasteiger partial charge is 0.290 e. The fourth-order valence-electron chi connectivity index (χ4n) is 4.21. The largest absolute Gasteiger partial charge is 0.503 e. The molecule has 0 aliphatic carbocycles. The van der Waals surface area contributed by atoms with Crippen molar-refractivity contribution in [1.82, 2.24) is 9.88 Å². The number of hydrogen-bond donors (Lipinski definition) is 2. The van der Waals surface area contributed by atoms with E-state index < -0.39 is 23.5 Å². The fraction of sp³-hybridized carbons (Fsp3) is 0.115. The predicted octanol–water partition coefficient (Wildman–Crippen LogP) is 5.08. The van der Waals surface area contributed by atoms with Crippen molar-refractivity contribution in [2.75, 3.05) is 7.11 Å². The van der Waals surface area contributed by atoms with Gasteiger partial charge in [0.2, 0.25) is 5.78 Å². The lowest BCUT2D eigenvalue weighted by molar-refractivity contribution is -0.130. The van der Waals surface area contributed by atoms with Crippen LogP contribution in [0.25, 0.3) is 11.0 Å². The Balaban J connectivity index is 1.65. The van der Waals surface area contributed by atoms with Crippen molar-refractivity contribution < 1.29 is 29.0 Å². The second kappa shape index (κ2) is 8.92. The van der Waals surface area contributed by atoms with Crippen LogP contribution in [0.5, 0.6) is 11.5 Å². The maximum absolute atomic E-state index is 13.7. The normalized spacial score (nSPS) is 15.8. The molecule has 1 atom stereocenters. The number of aliphatic hydroxyl groups is 1. The van der Waals surface area contributed by atoms with Gasteiger partial charge in [-0.15, -0.1) is 0 Å². The topological polar surface area (TPSA) is 113 Å². The summed E-state index contributed by atoms with van der Waals surface area (Å²) in [6, 6.07) is 14.4. The van der Waals surface area contributed by atoms with Crippen LogP contribution in [0.4, 0.5) is 0 Å².